The molecule has 0 radical (unpaired) electrons. The minimum Gasteiger partial charge on any atom is -0.383 e. The van der Waals surface area contributed by atoms with Gasteiger partial charge >= 0.3 is 0 Å². The molecule has 1 aliphatic heterocycles. The molecule has 0 aliphatic carbocycles. The fourth-order valence-corrected chi connectivity index (χ4v) is 5.31. The highest BCUT2D eigenvalue weighted by molar-refractivity contribution is 6.00. The summed E-state index contributed by atoms with van der Waals surface area (Å²) in [5.41, 5.74) is 12.2. The number of hydrazine groups is 1. The van der Waals surface area contributed by atoms with Crippen molar-refractivity contribution >= 4 is 17.5 Å². The summed E-state index contributed by atoms with van der Waals surface area (Å²) in [7, 11) is 0. The fourth-order valence-electron chi connectivity index (χ4n) is 5.31. The van der Waals surface area contributed by atoms with Crippen molar-refractivity contribution in [2.45, 2.75) is 51.7 Å². The Labute approximate surface area is 242 Å². The highest BCUT2D eigenvalue weighted by Gasteiger charge is 2.31. The molecule has 1 atom stereocenters. The lowest BCUT2D eigenvalue weighted by Crippen LogP contribution is -2.51. The zero-order valence-electron chi connectivity index (χ0n) is 23.6. The molecule has 0 saturated heterocycles. The van der Waals surface area contributed by atoms with E-state index in [1.165, 1.54) is 5.56 Å². The number of anilines is 1. The molecule has 6 heteroatoms. The van der Waals surface area contributed by atoms with Crippen LogP contribution in [0.5, 0.6) is 0 Å². The number of amides is 2. The molecular weight excluding hydrogens is 508 g/mol. The third kappa shape index (κ3) is 7.02. The van der Waals surface area contributed by atoms with Gasteiger partial charge in [-0.1, -0.05) is 78.9 Å². The summed E-state index contributed by atoms with van der Waals surface area (Å²) in [6, 6.07) is 33.9. The number of carbonyl (C=O) groups is 2. The number of nitrogens with two attached hydrogens (primary N) is 1. The molecule has 0 saturated carbocycles. The van der Waals surface area contributed by atoms with Gasteiger partial charge in [-0.25, -0.2) is 10.0 Å². The molecule has 2 amide bonds. The lowest BCUT2D eigenvalue weighted by atomic mass is 9.99. The van der Waals surface area contributed by atoms with E-state index in [1.54, 1.807) is 22.2 Å². The summed E-state index contributed by atoms with van der Waals surface area (Å²) < 4.78 is 0. The average molecular weight is 547 g/mol. The maximum absolute atomic E-state index is 14.3. The molecule has 1 unspecified atom stereocenters. The van der Waals surface area contributed by atoms with Crippen LogP contribution < -0.4 is 11.1 Å². The second-order valence-electron chi connectivity index (χ2n) is 10.7. The van der Waals surface area contributed by atoms with Gasteiger partial charge in [0.15, 0.2) is 0 Å². The molecule has 0 bridgehead atoms. The summed E-state index contributed by atoms with van der Waals surface area (Å²) >= 11 is 0. The Kier molecular flexibility index (Phi) is 9.12. The van der Waals surface area contributed by atoms with Gasteiger partial charge in [-0.3, -0.25) is 9.59 Å². The molecule has 0 aromatic heterocycles. The first kappa shape index (κ1) is 28.1. The van der Waals surface area contributed by atoms with Crippen molar-refractivity contribution in [3.05, 3.63) is 137 Å². The molecule has 4 aromatic rings. The van der Waals surface area contributed by atoms with Crippen molar-refractivity contribution in [2.75, 3.05) is 11.9 Å². The third-order valence-corrected chi connectivity index (χ3v) is 7.65. The van der Waals surface area contributed by atoms with Crippen LogP contribution in [-0.4, -0.2) is 34.4 Å². The first-order valence-electron chi connectivity index (χ1n) is 14.4. The lowest BCUT2D eigenvalue weighted by Gasteiger charge is -2.37. The van der Waals surface area contributed by atoms with Crippen LogP contribution in [0.1, 0.15) is 62.7 Å². The molecule has 1 heterocycles. The van der Waals surface area contributed by atoms with Crippen LogP contribution in [-0.2, 0) is 25.9 Å². The van der Waals surface area contributed by atoms with Crippen LogP contribution in [0.2, 0.25) is 0 Å². The smallest absolute Gasteiger partial charge is 0.273 e. The van der Waals surface area contributed by atoms with E-state index in [1.807, 2.05) is 54.6 Å². The summed E-state index contributed by atoms with van der Waals surface area (Å²) in [6.45, 7) is 3.36. The maximum atomic E-state index is 14.3. The largest absolute Gasteiger partial charge is 0.383 e. The van der Waals surface area contributed by atoms with E-state index < -0.39 is 0 Å². The van der Waals surface area contributed by atoms with Crippen molar-refractivity contribution in [1.82, 2.24) is 10.0 Å². The van der Waals surface area contributed by atoms with Crippen molar-refractivity contribution in [3.63, 3.8) is 0 Å². The SMILES string of the molecule is CC(CCc1ccccc1)Nc1ccc2c(c1)C(=O)N(Cc1ccc(CN)cc1)N(C(=O)c1ccccc1)CCC2. The maximum Gasteiger partial charge on any atom is 0.273 e. The highest BCUT2D eigenvalue weighted by Crippen LogP contribution is 2.26. The lowest BCUT2D eigenvalue weighted by molar-refractivity contribution is -0.00914. The number of aryl methyl sites for hydroxylation is 2. The Hall–Kier alpha value is -4.42. The van der Waals surface area contributed by atoms with Crippen molar-refractivity contribution in [3.8, 4) is 0 Å². The van der Waals surface area contributed by atoms with Crippen LogP contribution in [0.25, 0.3) is 0 Å². The van der Waals surface area contributed by atoms with Gasteiger partial charge in [0.2, 0.25) is 0 Å². The Morgan fingerprint density at radius 1 is 0.878 bits per heavy atom. The van der Waals surface area contributed by atoms with E-state index in [0.717, 1.165) is 48.1 Å². The topological polar surface area (TPSA) is 78.7 Å². The fraction of sp³-hybridized carbons (Fsp3) is 0.257. The predicted molar refractivity (Wildman–Crippen MR) is 164 cm³/mol. The monoisotopic (exact) mass is 546 g/mol. The summed E-state index contributed by atoms with van der Waals surface area (Å²) in [6.07, 6.45) is 3.43. The van der Waals surface area contributed by atoms with Gasteiger partial charge in [0.1, 0.15) is 0 Å². The molecular formula is C35H38N4O2. The van der Waals surface area contributed by atoms with Crippen LogP contribution in [0.4, 0.5) is 5.69 Å². The number of nitrogens with zero attached hydrogens (tertiary/aromatic N) is 2. The van der Waals surface area contributed by atoms with Crippen LogP contribution in [0, 0.1) is 0 Å². The van der Waals surface area contributed by atoms with Crippen LogP contribution >= 0.6 is 0 Å². The summed E-state index contributed by atoms with van der Waals surface area (Å²) in [4.78, 5) is 28.0. The Morgan fingerprint density at radius 2 is 1.56 bits per heavy atom. The summed E-state index contributed by atoms with van der Waals surface area (Å²) in [5.74, 6) is -0.350. The number of hydrogen-bond donors (Lipinski definition) is 2. The molecule has 4 aromatic carbocycles. The average Bonchev–Trinajstić information content (AvgIpc) is 3.02. The normalized spacial score (nSPS) is 14.1. The number of hydrogen-bond acceptors (Lipinski definition) is 4. The van der Waals surface area contributed by atoms with E-state index in [2.05, 4.69) is 48.6 Å². The van der Waals surface area contributed by atoms with E-state index in [4.69, 9.17) is 5.73 Å². The number of fused-ring (bicyclic) bond motifs is 1. The van der Waals surface area contributed by atoms with Crippen LogP contribution in [0.15, 0.2) is 103 Å². The standard InChI is InChI=1S/C35H38N4O2/c1-26(14-15-27-9-4-2-5-10-27)37-32-21-20-30-13-8-22-38(34(40)31-11-6-3-7-12-31)39(35(41)33(30)23-32)25-29-18-16-28(24-36)17-19-29/h2-7,9-12,16-21,23,26,37H,8,13-15,22,24-25,36H2,1H3. The van der Waals surface area contributed by atoms with Crippen molar-refractivity contribution in [1.29, 1.82) is 0 Å². The van der Waals surface area contributed by atoms with E-state index in [0.29, 0.717) is 24.2 Å². The second-order valence-corrected chi connectivity index (χ2v) is 10.7. The van der Waals surface area contributed by atoms with Crippen molar-refractivity contribution < 1.29 is 9.59 Å². The zero-order chi connectivity index (χ0) is 28.6. The number of benzene rings is 4. The van der Waals surface area contributed by atoms with E-state index in [9.17, 15) is 9.59 Å². The van der Waals surface area contributed by atoms with Gasteiger partial charge in [-0.15, -0.1) is 0 Å². The van der Waals surface area contributed by atoms with Crippen molar-refractivity contribution in [2.24, 2.45) is 5.73 Å². The van der Waals surface area contributed by atoms with Gasteiger partial charge in [-0.2, -0.15) is 0 Å². The van der Waals surface area contributed by atoms with E-state index in [-0.39, 0.29) is 24.4 Å². The number of nitrogens with one attached hydrogen (secondary N) is 1. The van der Waals surface area contributed by atoms with Gasteiger partial charge in [-0.05, 0) is 79.1 Å². The highest BCUT2D eigenvalue weighted by atomic mass is 16.2. The minimum atomic E-state index is -0.176. The third-order valence-electron chi connectivity index (χ3n) is 7.65. The predicted octanol–water partition coefficient (Wildman–Crippen LogP) is 6.22. The number of carbonyl (C=O) groups excluding carboxylic acids is 2. The Morgan fingerprint density at radius 3 is 2.27 bits per heavy atom. The molecule has 1 aliphatic rings. The van der Waals surface area contributed by atoms with Gasteiger partial charge < -0.3 is 11.1 Å². The molecule has 210 valence electrons. The zero-order valence-corrected chi connectivity index (χ0v) is 23.6. The Balaban J connectivity index is 1.42. The Bertz CT molecular complexity index is 1460. The first-order valence-corrected chi connectivity index (χ1v) is 14.4. The summed E-state index contributed by atoms with van der Waals surface area (Å²) in [5, 5.41) is 6.84. The molecule has 0 spiro atoms. The molecule has 6 nitrogen and oxygen atoms in total. The molecule has 41 heavy (non-hydrogen) atoms. The number of rotatable bonds is 9. The van der Waals surface area contributed by atoms with Gasteiger partial charge in [0.25, 0.3) is 11.8 Å². The molecule has 5 rings (SSSR count). The second kappa shape index (κ2) is 13.3. The van der Waals surface area contributed by atoms with Crippen LogP contribution in [0.3, 0.4) is 0 Å². The molecule has 3 N–H and O–H groups in total. The van der Waals surface area contributed by atoms with E-state index >= 15 is 0 Å². The van der Waals surface area contributed by atoms with Gasteiger partial charge in [0.05, 0.1) is 6.54 Å². The quantitative estimate of drug-likeness (QED) is 0.261. The minimum absolute atomic E-state index is 0.174. The molecule has 0 fully saturated rings. The first-order chi connectivity index (χ1) is 20.0. The van der Waals surface area contributed by atoms with Gasteiger partial charge in [0, 0.05) is 35.9 Å².